The highest BCUT2D eigenvalue weighted by atomic mass is 16.2. The molecule has 0 aliphatic rings. The van der Waals surface area contributed by atoms with Crippen molar-refractivity contribution in [1.29, 1.82) is 0 Å². The van der Waals surface area contributed by atoms with E-state index in [9.17, 15) is 14.4 Å². The van der Waals surface area contributed by atoms with Gasteiger partial charge in [-0.1, -0.05) is 30.3 Å². The Bertz CT molecular complexity index is 1020. The van der Waals surface area contributed by atoms with Gasteiger partial charge in [0.1, 0.15) is 0 Å². The van der Waals surface area contributed by atoms with Crippen LogP contribution in [0.5, 0.6) is 0 Å². The van der Waals surface area contributed by atoms with E-state index in [2.05, 4.69) is 10.4 Å². The van der Waals surface area contributed by atoms with Gasteiger partial charge < -0.3 is 11.1 Å². The number of carbonyl (C=O) groups is 2. The number of primary amides is 1. The number of fused-ring (bicyclic) bond motifs is 1. The maximum atomic E-state index is 12.6. The molecule has 0 spiro atoms. The minimum absolute atomic E-state index is 0.0898. The molecule has 0 atom stereocenters. The molecule has 3 N–H and O–H groups in total. The number of nitrogens with zero attached hydrogens (tertiary/aromatic N) is 2. The van der Waals surface area contributed by atoms with Crippen LogP contribution in [0.4, 0.5) is 5.69 Å². The molecule has 0 fully saturated rings. The summed E-state index contributed by atoms with van der Waals surface area (Å²) in [5, 5.41) is 7.51. The summed E-state index contributed by atoms with van der Waals surface area (Å²) in [6.07, 6.45) is 0. The van der Waals surface area contributed by atoms with Crippen LogP contribution < -0.4 is 16.6 Å². The lowest BCUT2D eigenvalue weighted by Crippen LogP contribution is -2.26. The quantitative estimate of drug-likeness (QED) is 0.757. The van der Waals surface area contributed by atoms with Crippen LogP contribution in [-0.4, -0.2) is 21.6 Å². The molecular formula is C17H14N4O3. The number of nitrogens with two attached hydrogens (primary N) is 1. The lowest BCUT2D eigenvalue weighted by Gasteiger charge is -2.10. The van der Waals surface area contributed by atoms with Gasteiger partial charge >= 0.3 is 0 Å². The van der Waals surface area contributed by atoms with E-state index in [4.69, 9.17) is 5.73 Å². The molecule has 3 aromatic rings. The SMILES string of the molecule is Cn1nc(C(=O)Nc2ccccc2C(N)=O)c2ccccc2c1=O. The van der Waals surface area contributed by atoms with Gasteiger partial charge in [-0.15, -0.1) is 0 Å². The fourth-order valence-corrected chi connectivity index (χ4v) is 2.46. The minimum Gasteiger partial charge on any atom is -0.366 e. The van der Waals surface area contributed by atoms with E-state index in [1.807, 2.05) is 0 Å². The summed E-state index contributed by atoms with van der Waals surface area (Å²) in [4.78, 5) is 36.2. The standard InChI is InChI=1S/C17H14N4O3/c1-21-17(24)11-7-3-2-6-10(11)14(20-21)16(23)19-13-9-5-4-8-12(13)15(18)22/h2-9H,1H3,(H2,18,22)(H,19,23). The van der Waals surface area contributed by atoms with Crippen LogP contribution in [0, 0.1) is 0 Å². The Balaban J connectivity index is 2.09. The fourth-order valence-electron chi connectivity index (χ4n) is 2.46. The van der Waals surface area contributed by atoms with Crippen LogP contribution in [0.2, 0.25) is 0 Å². The lowest BCUT2D eigenvalue weighted by atomic mass is 10.1. The van der Waals surface area contributed by atoms with Gasteiger partial charge in [-0.2, -0.15) is 5.10 Å². The Morgan fingerprint density at radius 1 is 1.04 bits per heavy atom. The normalized spacial score (nSPS) is 10.5. The maximum absolute atomic E-state index is 12.6. The number of aromatic nitrogens is 2. The van der Waals surface area contributed by atoms with Crippen LogP contribution in [-0.2, 0) is 7.05 Å². The van der Waals surface area contributed by atoms with Crippen molar-refractivity contribution in [3.8, 4) is 0 Å². The van der Waals surface area contributed by atoms with E-state index in [1.54, 1.807) is 42.5 Å². The Labute approximate surface area is 136 Å². The van der Waals surface area contributed by atoms with Gasteiger partial charge in [0.25, 0.3) is 17.4 Å². The number of anilines is 1. The third-order valence-corrected chi connectivity index (χ3v) is 3.61. The first-order valence-corrected chi connectivity index (χ1v) is 7.15. The van der Waals surface area contributed by atoms with Crippen LogP contribution in [0.3, 0.4) is 0 Å². The highest BCUT2D eigenvalue weighted by Crippen LogP contribution is 2.18. The third-order valence-electron chi connectivity index (χ3n) is 3.61. The first kappa shape index (κ1) is 15.4. The Hall–Kier alpha value is -3.48. The number of rotatable bonds is 3. The average molecular weight is 322 g/mol. The lowest BCUT2D eigenvalue weighted by molar-refractivity contribution is 0.100. The van der Waals surface area contributed by atoms with Crippen LogP contribution in [0.1, 0.15) is 20.8 Å². The van der Waals surface area contributed by atoms with Crippen molar-refractivity contribution in [1.82, 2.24) is 9.78 Å². The highest BCUT2D eigenvalue weighted by molar-refractivity contribution is 6.13. The summed E-state index contributed by atoms with van der Waals surface area (Å²) in [7, 11) is 1.48. The molecule has 1 aromatic heterocycles. The second-order valence-electron chi connectivity index (χ2n) is 5.19. The maximum Gasteiger partial charge on any atom is 0.276 e. The van der Waals surface area contributed by atoms with Gasteiger partial charge in [0.05, 0.1) is 16.6 Å². The Morgan fingerprint density at radius 2 is 1.67 bits per heavy atom. The number of carbonyl (C=O) groups excluding carboxylic acids is 2. The molecule has 120 valence electrons. The second-order valence-corrected chi connectivity index (χ2v) is 5.19. The third kappa shape index (κ3) is 2.63. The van der Waals surface area contributed by atoms with E-state index in [1.165, 1.54) is 13.1 Å². The highest BCUT2D eigenvalue weighted by Gasteiger charge is 2.17. The predicted molar refractivity (Wildman–Crippen MR) is 89.9 cm³/mol. The summed E-state index contributed by atoms with van der Waals surface area (Å²) < 4.78 is 1.11. The molecule has 0 aliphatic heterocycles. The van der Waals surface area contributed by atoms with Crippen molar-refractivity contribution in [3.63, 3.8) is 0 Å². The molecule has 7 heteroatoms. The van der Waals surface area contributed by atoms with Gasteiger partial charge in [-0.25, -0.2) is 4.68 Å². The molecule has 2 aromatic carbocycles. The largest absolute Gasteiger partial charge is 0.366 e. The molecule has 1 heterocycles. The molecular weight excluding hydrogens is 308 g/mol. The van der Waals surface area contributed by atoms with Crippen molar-refractivity contribution < 1.29 is 9.59 Å². The molecule has 24 heavy (non-hydrogen) atoms. The number of hydrogen-bond acceptors (Lipinski definition) is 4. The molecule has 0 aliphatic carbocycles. The monoisotopic (exact) mass is 322 g/mol. The van der Waals surface area contributed by atoms with E-state index in [0.29, 0.717) is 10.8 Å². The number of nitrogens with one attached hydrogen (secondary N) is 1. The smallest absolute Gasteiger partial charge is 0.276 e. The predicted octanol–water partition coefficient (Wildman–Crippen LogP) is 1.28. The van der Waals surface area contributed by atoms with Crippen molar-refractivity contribution in [3.05, 3.63) is 70.1 Å². The topological polar surface area (TPSA) is 107 Å². The van der Waals surface area contributed by atoms with Crippen molar-refractivity contribution in [2.75, 3.05) is 5.32 Å². The number of benzene rings is 2. The summed E-state index contributed by atoms with van der Waals surface area (Å²) in [5.41, 5.74) is 5.59. The Morgan fingerprint density at radius 3 is 2.38 bits per heavy atom. The van der Waals surface area contributed by atoms with Crippen molar-refractivity contribution in [2.45, 2.75) is 0 Å². The zero-order chi connectivity index (χ0) is 17.3. The van der Waals surface area contributed by atoms with Crippen molar-refractivity contribution in [2.24, 2.45) is 12.8 Å². The molecule has 2 amide bonds. The van der Waals surface area contributed by atoms with Gasteiger partial charge in [-0.05, 0) is 18.2 Å². The van der Waals surface area contributed by atoms with Gasteiger partial charge in [0.15, 0.2) is 5.69 Å². The summed E-state index contributed by atoms with van der Waals surface area (Å²) >= 11 is 0. The first-order valence-electron chi connectivity index (χ1n) is 7.15. The van der Waals surface area contributed by atoms with Gasteiger partial charge in [-0.3, -0.25) is 14.4 Å². The van der Waals surface area contributed by atoms with Gasteiger partial charge in [0, 0.05) is 12.4 Å². The van der Waals surface area contributed by atoms with E-state index >= 15 is 0 Å². The number of hydrogen-bond donors (Lipinski definition) is 2. The molecule has 3 rings (SSSR count). The first-order chi connectivity index (χ1) is 11.5. The molecule has 0 bridgehead atoms. The zero-order valence-electron chi connectivity index (χ0n) is 12.8. The molecule has 0 saturated heterocycles. The van der Waals surface area contributed by atoms with Crippen LogP contribution in [0.25, 0.3) is 10.8 Å². The van der Waals surface area contributed by atoms with E-state index < -0.39 is 11.8 Å². The molecule has 7 nitrogen and oxygen atoms in total. The number of para-hydroxylation sites is 1. The van der Waals surface area contributed by atoms with E-state index in [-0.39, 0.29) is 22.5 Å². The molecule has 0 radical (unpaired) electrons. The van der Waals surface area contributed by atoms with Crippen LogP contribution >= 0.6 is 0 Å². The average Bonchev–Trinajstić information content (AvgIpc) is 2.58. The van der Waals surface area contributed by atoms with Crippen molar-refractivity contribution >= 4 is 28.3 Å². The van der Waals surface area contributed by atoms with Gasteiger partial charge in [0.2, 0.25) is 0 Å². The molecule has 0 saturated carbocycles. The Kier molecular flexibility index (Phi) is 3.83. The van der Waals surface area contributed by atoms with E-state index in [0.717, 1.165) is 4.68 Å². The zero-order valence-corrected chi connectivity index (χ0v) is 12.8. The fraction of sp³-hybridized carbons (Fsp3) is 0.0588. The number of aryl methyl sites for hydroxylation is 1. The summed E-state index contributed by atoms with van der Waals surface area (Å²) in [6, 6.07) is 13.1. The summed E-state index contributed by atoms with van der Waals surface area (Å²) in [6.45, 7) is 0. The summed E-state index contributed by atoms with van der Waals surface area (Å²) in [5.74, 6) is -1.18. The van der Waals surface area contributed by atoms with Crippen LogP contribution in [0.15, 0.2) is 53.3 Å². The molecule has 0 unspecified atom stereocenters. The minimum atomic E-state index is -0.649. The second kappa shape index (κ2) is 5.96. The number of amides is 2.